The Kier molecular flexibility index (Phi) is 4.59. The van der Waals surface area contributed by atoms with Gasteiger partial charge in [0.15, 0.2) is 11.6 Å². The lowest BCUT2D eigenvalue weighted by molar-refractivity contribution is -0.141. The number of aryl methyl sites for hydroxylation is 1. The molecule has 0 saturated carbocycles. The highest BCUT2D eigenvalue weighted by Gasteiger charge is 2.41. The van der Waals surface area contributed by atoms with Gasteiger partial charge in [0.2, 0.25) is 0 Å². The average Bonchev–Trinajstić information content (AvgIpc) is 3.27. The van der Waals surface area contributed by atoms with Gasteiger partial charge in [-0.2, -0.15) is 0 Å². The van der Waals surface area contributed by atoms with E-state index >= 15 is 0 Å². The number of benzene rings is 2. The number of ketones is 1. The Hall–Kier alpha value is -2.96. The molecule has 1 atom stereocenters. The predicted molar refractivity (Wildman–Crippen MR) is 123 cm³/mol. The number of nitrogens with zero attached hydrogens (tertiary/aromatic N) is 1. The molecule has 166 valence electrons. The average molecular weight is 433 g/mol. The largest absolute Gasteiger partial charge is 0.491 e. The van der Waals surface area contributed by atoms with Crippen LogP contribution >= 0.6 is 0 Å². The summed E-state index contributed by atoms with van der Waals surface area (Å²) >= 11 is 0. The van der Waals surface area contributed by atoms with Crippen molar-refractivity contribution in [2.75, 3.05) is 13.2 Å². The maximum atomic E-state index is 13.6. The Bertz CT molecular complexity index is 1270. The highest BCUT2D eigenvalue weighted by Crippen LogP contribution is 2.46. The minimum absolute atomic E-state index is 0.0309. The summed E-state index contributed by atoms with van der Waals surface area (Å²) in [4.78, 5) is 13.6. The SMILES string of the molecule is Cn1c2c(c3ccc(C=N)cc31)C(=O)c1ccc(OC[C@H]3COC(C)(C)O3)cc1C2(C)C. The third kappa shape index (κ3) is 3.09. The van der Waals surface area contributed by atoms with Gasteiger partial charge >= 0.3 is 0 Å². The highest BCUT2D eigenvalue weighted by atomic mass is 16.7. The number of hydrogen-bond donors (Lipinski definition) is 1. The van der Waals surface area contributed by atoms with Crippen molar-refractivity contribution in [3.8, 4) is 5.75 Å². The molecule has 32 heavy (non-hydrogen) atoms. The van der Waals surface area contributed by atoms with E-state index in [0.29, 0.717) is 24.5 Å². The first-order chi connectivity index (χ1) is 15.1. The summed E-state index contributed by atoms with van der Waals surface area (Å²) < 4.78 is 19.6. The summed E-state index contributed by atoms with van der Waals surface area (Å²) in [5, 5.41) is 8.52. The van der Waals surface area contributed by atoms with E-state index in [0.717, 1.165) is 33.3 Å². The first kappa shape index (κ1) is 20.9. The van der Waals surface area contributed by atoms with Crippen molar-refractivity contribution in [2.45, 2.75) is 45.0 Å². The molecule has 6 nitrogen and oxygen atoms in total. The van der Waals surface area contributed by atoms with Crippen molar-refractivity contribution in [2.24, 2.45) is 7.05 Å². The molecule has 1 aliphatic carbocycles. The Balaban J connectivity index is 1.54. The standard InChI is InChI=1S/C26H28N2O4/c1-25(2)20-11-16(30-13-17-14-31-26(3,4)32-17)7-9-18(20)23(29)22-19-8-6-15(12-27)10-21(19)28(5)24(22)25/h6-12,17,27H,13-14H2,1-5H3/t17-/m0/s1. The van der Waals surface area contributed by atoms with E-state index in [4.69, 9.17) is 19.6 Å². The van der Waals surface area contributed by atoms with Crippen molar-refractivity contribution < 1.29 is 19.0 Å². The molecular weight excluding hydrogens is 404 g/mol. The maximum absolute atomic E-state index is 13.6. The summed E-state index contributed by atoms with van der Waals surface area (Å²) in [6.07, 6.45) is 1.21. The highest BCUT2D eigenvalue weighted by molar-refractivity contribution is 6.20. The normalized spacial score (nSPS) is 20.8. The van der Waals surface area contributed by atoms with Crippen molar-refractivity contribution in [3.63, 3.8) is 0 Å². The molecule has 0 radical (unpaired) electrons. The van der Waals surface area contributed by atoms with Gasteiger partial charge in [0.1, 0.15) is 18.5 Å². The van der Waals surface area contributed by atoms with Gasteiger partial charge in [0.05, 0.1) is 12.2 Å². The number of carbonyl (C=O) groups excluding carboxylic acids is 1. The second-order valence-electron chi connectivity index (χ2n) is 9.63. The van der Waals surface area contributed by atoms with Crippen molar-refractivity contribution in [3.05, 3.63) is 64.3 Å². The molecule has 1 saturated heterocycles. The molecule has 1 aromatic heterocycles. The van der Waals surface area contributed by atoms with E-state index < -0.39 is 11.2 Å². The third-order valence-corrected chi connectivity index (χ3v) is 6.62. The van der Waals surface area contributed by atoms with E-state index in [1.165, 1.54) is 6.21 Å². The van der Waals surface area contributed by atoms with E-state index in [9.17, 15) is 4.79 Å². The maximum Gasteiger partial charge on any atom is 0.195 e. The first-order valence-corrected chi connectivity index (χ1v) is 10.9. The van der Waals surface area contributed by atoms with E-state index in [-0.39, 0.29) is 11.9 Å². The van der Waals surface area contributed by atoms with Crippen molar-refractivity contribution in [1.82, 2.24) is 4.57 Å². The summed E-state index contributed by atoms with van der Waals surface area (Å²) in [5.41, 5.74) is 4.78. The van der Waals surface area contributed by atoms with Crippen LogP contribution in [0.5, 0.6) is 5.75 Å². The topological polar surface area (TPSA) is 73.5 Å². The van der Waals surface area contributed by atoms with Crippen LogP contribution in [0.4, 0.5) is 0 Å². The summed E-state index contributed by atoms with van der Waals surface area (Å²) in [6.45, 7) is 8.97. The van der Waals surface area contributed by atoms with E-state index in [1.807, 2.05) is 57.3 Å². The Morgan fingerprint density at radius 2 is 1.97 bits per heavy atom. The van der Waals surface area contributed by atoms with E-state index in [2.05, 4.69) is 18.4 Å². The molecule has 1 N–H and O–H groups in total. The molecule has 0 spiro atoms. The van der Waals surface area contributed by atoms with Crippen molar-refractivity contribution >= 4 is 22.9 Å². The molecule has 0 bridgehead atoms. The number of aromatic nitrogens is 1. The van der Waals surface area contributed by atoms with Crippen LogP contribution in [0.2, 0.25) is 0 Å². The second kappa shape index (κ2) is 7.02. The van der Waals surface area contributed by atoms with Gasteiger partial charge in [0, 0.05) is 40.8 Å². The number of hydrogen-bond acceptors (Lipinski definition) is 5. The molecule has 2 aliphatic rings. The van der Waals surface area contributed by atoms with Crippen LogP contribution in [-0.4, -0.2) is 41.7 Å². The molecular formula is C26H28N2O4. The van der Waals surface area contributed by atoms with Gasteiger partial charge in [-0.25, -0.2) is 0 Å². The molecule has 0 amide bonds. The molecule has 1 aliphatic heterocycles. The minimum Gasteiger partial charge on any atom is -0.491 e. The lowest BCUT2D eigenvalue weighted by atomic mass is 9.71. The molecule has 0 unspecified atom stereocenters. The summed E-state index contributed by atoms with van der Waals surface area (Å²) in [5.74, 6) is 0.162. The quantitative estimate of drug-likeness (QED) is 0.613. The third-order valence-electron chi connectivity index (χ3n) is 6.62. The van der Waals surface area contributed by atoms with Gasteiger partial charge < -0.3 is 24.2 Å². The monoisotopic (exact) mass is 432 g/mol. The molecule has 5 rings (SSSR count). The first-order valence-electron chi connectivity index (χ1n) is 10.9. The van der Waals surface area contributed by atoms with E-state index in [1.54, 1.807) is 0 Å². The Morgan fingerprint density at radius 3 is 2.66 bits per heavy atom. The summed E-state index contributed by atoms with van der Waals surface area (Å²) in [7, 11) is 1.99. The Morgan fingerprint density at radius 1 is 1.19 bits per heavy atom. The molecule has 1 fully saturated rings. The van der Waals surface area contributed by atoms with Crippen LogP contribution in [0.1, 0.15) is 60.4 Å². The second-order valence-corrected chi connectivity index (χ2v) is 9.63. The molecule has 2 heterocycles. The Labute approximate surface area is 187 Å². The number of ether oxygens (including phenoxy) is 3. The van der Waals surface area contributed by atoms with Crippen LogP contribution in [0.25, 0.3) is 10.9 Å². The zero-order valence-electron chi connectivity index (χ0n) is 19.1. The summed E-state index contributed by atoms with van der Waals surface area (Å²) in [6, 6.07) is 11.5. The predicted octanol–water partition coefficient (Wildman–Crippen LogP) is 4.58. The van der Waals surface area contributed by atoms with Crippen LogP contribution in [0, 0.1) is 5.41 Å². The van der Waals surface area contributed by atoms with Crippen LogP contribution in [0.3, 0.4) is 0 Å². The number of nitrogens with one attached hydrogen (secondary N) is 1. The lowest BCUT2D eigenvalue weighted by Crippen LogP contribution is -2.32. The molecule has 2 aromatic carbocycles. The number of fused-ring (bicyclic) bond motifs is 4. The van der Waals surface area contributed by atoms with Crippen molar-refractivity contribution in [1.29, 1.82) is 5.41 Å². The van der Waals surface area contributed by atoms with Crippen LogP contribution < -0.4 is 4.74 Å². The van der Waals surface area contributed by atoms with Gasteiger partial charge in [-0.1, -0.05) is 26.0 Å². The van der Waals surface area contributed by atoms with Gasteiger partial charge in [0.25, 0.3) is 0 Å². The smallest absolute Gasteiger partial charge is 0.195 e. The van der Waals surface area contributed by atoms with Gasteiger partial charge in [-0.3, -0.25) is 4.79 Å². The minimum atomic E-state index is -0.583. The van der Waals surface area contributed by atoms with Crippen LogP contribution in [0.15, 0.2) is 36.4 Å². The number of carbonyl (C=O) groups is 1. The molecule has 3 aromatic rings. The van der Waals surface area contributed by atoms with Gasteiger partial charge in [-0.05, 0) is 49.2 Å². The number of rotatable bonds is 4. The fourth-order valence-electron chi connectivity index (χ4n) is 5.13. The van der Waals surface area contributed by atoms with Gasteiger partial charge in [-0.15, -0.1) is 0 Å². The fourth-order valence-corrected chi connectivity index (χ4v) is 5.13. The fraction of sp³-hybridized carbons (Fsp3) is 0.385. The molecule has 6 heteroatoms. The zero-order chi connectivity index (χ0) is 22.8. The zero-order valence-corrected chi connectivity index (χ0v) is 19.1. The van der Waals surface area contributed by atoms with Crippen LogP contribution in [-0.2, 0) is 21.9 Å². The lowest BCUT2D eigenvalue weighted by Gasteiger charge is -2.34.